The second kappa shape index (κ2) is 6.89. The minimum atomic E-state index is -0.378. The number of aryl methyl sites for hydroxylation is 1. The van der Waals surface area contributed by atoms with Gasteiger partial charge in [0.2, 0.25) is 0 Å². The Balaban J connectivity index is 2.19. The van der Waals surface area contributed by atoms with Crippen LogP contribution in [0.3, 0.4) is 0 Å². The van der Waals surface area contributed by atoms with Crippen LogP contribution in [0.15, 0.2) is 51.7 Å². The Bertz CT molecular complexity index is 936. The lowest BCUT2D eigenvalue weighted by Gasteiger charge is -2.23. The summed E-state index contributed by atoms with van der Waals surface area (Å²) in [6, 6.07) is 13.0. The molecule has 0 atom stereocenters. The zero-order chi connectivity index (χ0) is 18.0. The summed E-state index contributed by atoms with van der Waals surface area (Å²) in [5.74, 6) is 1.40. The van der Waals surface area contributed by atoms with Crippen molar-refractivity contribution in [2.24, 2.45) is 0 Å². The van der Waals surface area contributed by atoms with Crippen molar-refractivity contribution in [1.29, 1.82) is 0 Å². The predicted molar refractivity (Wildman–Crippen MR) is 99.5 cm³/mol. The molecule has 3 aromatic rings. The number of rotatable bonds is 5. The van der Waals surface area contributed by atoms with Crippen LogP contribution in [0.2, 0.25) is 0 Å². The van der Waals surface area contributed by atoms with E-state index in [1.807, 2.05) is 42.3 Å². The standard InChI is InChI=1S/C20H21NO4/c1-5-13-10-14(11-18(23-3)20(13)24-4)21(2)16-12-19(22)25-17-9-7-6-8-15(16)17/h6-12H,5H2,1-4H3. The molecule has 5 heteroatoms. The maximum atomic E-state index is 11.9. The fourth-order valence-corrected chi connectivity index (χ4v) is 2.99. The zero-order valence-corrected chi connectivity index (χ0v) is 14.8. The minimum Gasteiger partial charge on any atom is -0.493 e. The molecule has 0 amide bonds. The Morgan fingerprint density at radius 1 is 1.08 bits per heavy atom. The number of anilines is 2. The molecule has 0 unspecified atom stereocenters. The Morgan fingerprint density at radius 3 is 2.52 bits per heavy atom. The van der Waals surface area contributed by atoms with E-state index in [0.717, 1.165) is 34.5 Å². The quantitative estimate of drug-likeness (QED) is 0.654. The molecule has 0 radical (unpaired) electrons. The van der Waals surface area contributed by atoms with Gasteiger partial charge in [-0.05, 0) is 30.2 Å². The van der Waals surface area contributed by atoms with Gasteiger partial charge in [0.25, 0.3) is 0 Å². The highest BCUT2D eigenvalue weighted by Crippen LogP contribution is 2.38. The third-order valence-electron chi connectivity index (χ3n) is 4.30. The lowest BCUT2D eigenvalue weighted by Crippen LogP contribution is -2.13. The topological polar surface area (TPSA) is 51.9 Å². The van der Waals surface area contributed by atoms with Crippen molar-refractivity contribution in [2.45, 2.75) is 13.3 Å². The number of para-hydroxylation sites is 1. The molecule has 3 rings (SSSR count). The molecule has 0 N–H and O–H groups in total. The fraction of sp³-hybridized carbons (Fsp3) is 0.250. The molecule has 25 heavy (non-hydrogen) atoms. The first kappa shape index (κ1) is 16.9. The Labute approximate surface area is 146 Å². The highest BCUT2D eigenvalue weighted by Gasteiger charge is 2.16. The first-order valence-electron chi connectivity index (χ1n) is 8.10. The molecule has 0 bridgehead atoms. The average Bonchev–Trinajstić information content (AvgIpc) is 2.65. The summed E-state index contributed by atoms with van der Waals surface area (Å²) in [6.07, 6.45) is 0.804. The summed E-state index contributed by atoms with van der Waals surface area (Å²) in [7, 11) is 5.17. The van der Waals surface area contributed by atoms with Gasteiger partial charge in [-0.25, -0.2) is 4.79 Å². The SMILES string of the molecule is CCc1cc(N(C)c2cc(=O)oc3ccccc23)cc(OC)c1OC. The van der Waals surface area contributed by atoms with Crippen molar-refractivity contribution >= 4 is 22.3 Å². The van der Waals surface area contributed by atoms with Gasteiger partial charge in [-0.1, -0.05) is 19.1 Å². The molecule has 1 aromatic heterocycles. The van der Waals surface area contributed by atoms with Crippen LogP contribution in [0.4, 0.5) is 11.4 Å². The van der Waals surface area contributed by atoms with E-state index < -0.39 is 0 Å². The van der Waals surface area contributed by atoms with E-state index in [1.54, 1.807) is 20.3 Å². The Hall–Kier alpha value is -2.95. The first-order chi connectivity index (χ1) is 12.1. The zero-order valence-electron chi connectivity index (χ0n) is 14.8. The maximum absolute atomic E-state index is 11.9. The number of hydrogen-bond donors (Lipinski definition) is 0. The normalized spacial score (nSPS) is 10.7. The summed E-state index contributed by atoms with van der Waals surface area (Å²) in [5, 5.41) is 0.873. The van der Waals surface area contributed by atoms with Gasteiger partial charge < -0.3 is 18.8 Å². The molecule has 0 aliphatic carbocycles. The number of benzene rings is 2. The predicted octanol–water partition coefficient (Wildman–Crippen LogP) is 4.14. The van der Waals surface area contributed by atoms with E-state index in [2.05, 4.69) is 6.92 Å². The molecule has 5 nitrogen and oxygen atoms in total. The van der Waals surface area contributed by atoms with Crippen molar-refractivity contribution in [3.05, 3.63) is 58.4 Å². The van der Waals surface area contributed by atoms with Crippen LogP contribution in [0.1, 0.15) is 12.5 Å². The van der Waals surface area contributed by atoms with Gasteiger partial charge in [-0.15, -0.1) is 0 Å². The molecule has 0 saturated heterocycles. The van der Waals surface area contributed by atoms with Crippen molar-refractivity contribution in [3.8, 4) is 11.5 Å². The molecule has 0 fully saturated rings. The third kappa shape index (κ3) is 3.05. The molecular weight excluding hydrogens is 318 g/mol. The molecule has 1 heterocycles. The molecular formula is C20H21NO4. The number of methoxy groups -OCH3 is 2. The number of nitrogens with zero attached hydrogens (tertiary/aromatic N) is 1. The van der Waals surface area contributed by atoms with E-state index in [9.17, 15) is 4.79 Å². The van der Waals surface area contributed by atoms with Crippen LogP contribution in [-0.2, 0) is 6.42 Å². The third-order valence-corrected chi connectivity index (χ3v) is 4.30. The van der Waals surface area contributed by atoms with E-state index in [0.29, 0.717) is 11.3 Å². The maximum Gasteiger partial charge on any atom is 0.338 e. The number of ether oxygens (including phenoxy) is 2. The van der Waals surface area contributed by atoms with Crippen molar-refractivity contribution < 1.29 is 13.9 Å². The van der Waals surface area contributed by atoms with Gasteiger partial charge in [0.05, 0.1) is 19.9 Å². The van der Waals surface area contributed by atoms with Crippen molar-refractivity contribution in [3.63, 3.8) is 0 Å². The largest absolute Gasteiger partial charge is 0.493 e. The second-order valence-corrected chi connectivity index (χ2v) is 5.70. The monoisotopic (exact) mass is 339 g/mol. The van der Waals surface area contributed by atoms with Crippen LogP contribution in [-0.4, -0.2) is 21.3 Å². The van der Waals surface area contributed by atoms with Gasteiger partial charge in [0.15, 0.2) is 11.5 Å². The molecule has 0 saturated carbocycles. The minimum absolute atomic E-state index is 0.378. The first-order valence-corrected chi connectivity index (χ1v) is 8.10. The molecule has 0 aliphatic rings. The fourth-order valence-electron chi connectivity index (χ4n) is 2.99. The van der Waals surface area contributed by atoms with Crippen molar-refractivity contribution in [2.75, 3.05) is 26.2 Å². The van der Waals surface area contributed by atoms with Crippen LogP contribution in [0.5, 0.6) is 11.5 Å². The summed E-state index contributed by atoms with van der Waals surface area (Å²) < 4.78 is 16.3. The van der Waals surface area contributed by atoms with Gasteiger partial charge in [0.1, 0.15) is 5.58 Å². The van der Waals surface area contributed by atoms with Crippen LogP contribution in [0, 0.1) is 0 Å². The van der Waals surface area contributed by atoms with E-state index in [1.165, 1.54) is 6.07 Å². The molecule has 0 aliphatic heterocycles. The summed E-state index contributed by atoms with van der Waals surface area (Å²) in [6.45, 7) is 2.06. The molecule has 2 aromatic carbocycles. The van der Waals surface area contributed by atoms with Crippen LogP contribution in [0.25, 0.3) is 11.0 Å². The molecule has 0 spiro atoms. The highest BCUT2D eigenvalue weighted by atomic mass is 16.5. The number of fused-ring (bicyclic) bond motifs is 1. The smallest absolute Gasteiger partial charge is 0.338 e. The van der Waals surface area contributed by atoms with Crippen molar-refractivity contribution in [1.82, 2.24) is 0 Å². The van der Waals surface area contributed by atoms with Gasteiger partial charge >= 0.3 is 5.63 Å². The lowest BCUT2D eigenvalue weighted by atomic mass is 10.1. The van der Waals surface area contributed by atoms with Gasteiger partial charge in [-0.3, -0.25) is 0 Å². The summed E-state index contributed by atoms with van der Waals surface area (Å²) in [5.41, 5.74) is 2.91. The number of hydrogen-bond acceptors (Lipinski definition) is 5. The van der Waals surface area contributed by atoms with E-state index in [4.69, 9.17) is 13.9 Å². The summed E-state index contributed by atoms with van der Waals surface area (Å²) in [4.78, 5) is 13.9. The Morgan fingerprint density at radius 2 is 1.84 bits per heavy atom. The second-order valence-electron chi connectivity index (χ2n) is 5.70. The summed E-state index contributed by atoms with van der Waals surface area (Å²) >= 11 is 0. The van der Waals surface area contributed by atoms with Crippen LogP contribution >= 0.6 is 0 Å². The van der Waals surface area contributed by atoms with E-state index >= 15 is 0 Å². The average molecular weight is 339 g/mol. The molecule has 130 valence electrons. The van der Waals surface area contributed by atoms with Gasteiger partial charge in [0, 0.05) is 30.3 Å². The van der Waals surface area contributed by atoms with Gasteiger partial charge in [-0.2, -0.15) is 0 Å². The highest BCUT2D eigenvalue weighted by molar-refractivity contribution is 5.92. The van der Waals surface area contributed by atoms with Crippen LogP contribution < -0.4 is 20.0 Å². The Kier molecular flexibility index (Phi) is 4.65. The lowest BCUT2D eigenvalue weighted by molar-refractivity contribution is 0.352. The van der Waals surface area contributed by atoms with E-state index in [-0.39, 0.29) is 5.63 Å².